The van der Waals surface area contributed by atoms with Crippen LogP contribution in [0.15, 0.2) is 34.8 Å². The summed E-state index contributed by atoms with van der Waals surface area (Å²) in [5, 5.41) is -0.185. The maximum atomic E-state index is 6.40. The van der Waals surface area contributed by atoms with Gasteiger partial charge in [0.25, 0.3) is 0 Å². The van der Waals surface area contributed by atoms with Crippen LogP contribution >= 0.6 is 50.5 Å². The molecule has 1 heterocycles. The fourth-order valence-electron chi connectivity index (χ4n) is 1.43. The first-order valence-corrected chi connectivity index (χ1v) is 7.27. The highest BCUT2D eigenvalue weighted by Gasteiger charge is 2.15. The molecule has 1 aromatic carbocycles. The fraction of sp³-hybridized carbons (Fsp3) is 0.167. The largest absolute Gasteiger partial charge is 0.497 e. The first kappa shape index (κ1) is 13.2. The molecule has 0 bridgehead atoms. The molecule has 0 aliphatic heterocycles. The van der Waals surface area contributed by atoms with E-state index in [1.165, 1.54) is 11.3 Å². The Morgan fingerprint density at radius 1 is 1.29 bits per heavy atom. The van der Waals surface area contributed by atoms with E-state index in [-0.39, 0.29) is 5.38 Å². The van der Waals surface area contributed by atoms with E-state index in [0.717, 1.165) is 25.0 Å². The lowest BCUT2D eigenvalue weighted by molar-refractivity contribution is 0.414. The highest BCUT2D eigenvalue weighted by molar-refractivity contribution is 9.10. The Bertz CT molecular complexity index is 490. The van der Waals surface area contributed by atoms with Crippen molar-refractivity contribution >= 4 is 50.5 Å². The van der Waals surface area contributed by atoms with Crippen molar-refractivity contribution < 1.29 is 4.74 Å². The van der Waals surface area contributed by atoms with Gasteiger partial charge in [-0.2, -0.15) is 0 Å². The van der Waals surface area contributed by atoms with Crippen LogP contribution in [0.4, 0.5) is 0 Å². The number of ether oxygens (including phenoxy) is 1. The van der Waals surface area contributed by atoms with Crippen LogP contribution in [0.3, 0.4) is 0 Å². The van der Waals surface area contributed by atoms with Gasteiger partial charge < -0.3 is 4.74 Å². The molecule has 0 N–H and O–H groups in total. The number of hydrogen-bond donors (Lipinski definition) is 0. The van der Waals surface area contributed by atoms with Crippen molar-refractivity contribution in [1.29, 1.82) is 0 Å². The van der Waals surface area contributed by atoms with Crippen molar-refractivity contribution in [1.82, 2.24) is 0 Å². The van der Waals surface area contributed by atoms with E-state index in [1.54, 1.807) is 7.11 Å². The minimum Gasteiger partial charge on any atom is -0.497 e. The van der Waals surface area contributed by atoms with E-state index >= 15 is 0 Å². The molecule has 1 aromatic heterocycles. The molecule has 0 saturated heterocycles. The molecule has 0 aliphatic rings. The SMILES string of the molecule is COc1ccc(C(Cl)c2cc(Br)c(Cl)s2)cc1. The van der Waals surface area contributed by atoms with Gasteiger partial charge in [-0.05, 0) is 39.7 Å². The average Bonchev–Trinajstić information content (AvgIpc) is 2.69. The van der Waals surface area contributed by atoms with Gasteiger partial charge in [0.1, 0.15) is 10.1 Å². The first-order valence-electron chi connectivity index (χ1n) is 4.84. The number of methoxy groups -OCH3 is 1. The lowest BCUT2D eigenvalue weighted by atomic mass is 10.1. The third kappa shape index (κ3) is 2.97. The summed E-state index contributed by atoms with van der Waals surface area (Å²) in [7, 11) is 1.64. The number of benzene rings is 1. The van der Waals surface area contributed by atoms with Crippen molar-refractivity contribution in [3.05, 3.63) is 49.6 Å². The Morgan fingerprint density at radius 3 is 2.41 bits per heavy atom. The van der Waals surface area contributed by atoms with E-state index in [9.17, 15) is 0 Å². The maximum absolute atomic E-state index is 6.40. The first-order chi connectivity index (χ1) is 8.11. The highest BCUT2D eigenvalue weighted by Crippen LogP contribution is 2.40. The summed E-state index contributed by atoms with van der Waals surface area (Å²) in [5.74, 6) is 0.822. The molecule has 0 fully saturated rings. The van der Waals surface area contributed by atoms with Gasteiger partial charge in [-0.25, -0.2) is 0 Å². The summed E-state index contributed by atoms with van der Waals surface area (Å²) in [4.78, 5) is 1.02. The van der Waals surface area contributed by atoms with Crippen LogP contribution in [0.1, 0.15) is 15.8 Å². The van der Waals surface area contributed by atoms with Crippen molar-refractivity contribution in [2.75, 3.05) is 7.11 Å². The predicted octanol–water partition coefficient (Wildman–Crippen LogP) is 5.50. The smallest absolute Gasteiger partial charge is 0.118 e. The summed E-state index contributed by atoms with van der Waals surface area (Å²) in [6.07, 6.45) is 0. The number of thiophene rings is 1. The summed E-state index contributed by atoms with van der Waals surface area (Å²) >= 11 is 17.3. The molecule has 1 nitrogen and oxygen atoms in total. The zero-order valence-electron chi connectivity index (χ0n) is 8.91. The molecular formula is C12H9BrCl2OS. The fourth-order valence-corrected chi connectivity index (χ4v) is 3.51. The third-order valence-electron chi connectivity index (χ3n) is 2.32. The number of alkyl halides is 1. The van der Waals surface area contributed by atoms with Crippen LogP contribution in [0.25, 0.3) is 0 Å². The summed E-state index contributed by atoms with van der Waals surface area (Å²) in [5.41, 5.74) is 1.03. The zero-order valence-corrected chi connectivity index (χ0v) is 12.8. The molecule has 0 aliphatic carbocycles. The summed E-state index contributed by atoms with van der Waals surface area (Å²) in [6.45, 7) is 0. The van der Waals surface area contributed by atoms with Gasteiger partial charge in [-0.3, -0.25) is 0 Å². The van der Waals surface area contributed by atoms with Gasteiger partial charge in [0.05, 0.1) is 12.5 Å². The topological polar surface area (TPSA) is 9.23 Å². The molecule has 0 spiro atoms. The van der Waals surface area contributed by atoms with Crippen LogP contribution < -0.4 is 4.74 Å². The Balaban J connectivity index is 2.26. The number of halogens is 3. The Morgan fingerprint density at radius 2 is 1.94 bits per heavy atom. The average molecular weight is 352 g/mol. The van der Waals surface area contributed by atoms with Crippen molar-refractivity contribution in [2.45, 2.75) is 5.38 Å². The van der Waals surface area contributed by atoms with Crippen LogP contribution in [-0.2, 0) is 0 Å². The zero-order chi connectivity index (χ0) is 12.4. The van der Waals surface area contributed by atoms with E-state index in [4.69, 9.17) is 27.9 Å². The number of rotatable bonds is 3. The molecule has 0 amide bonds. The third-order valence-corrected chi connectivity index (χ3v) is 5.48. The van der Waals surface area contributed by atoms with Gasteiger partial charge in [0, 0.05) is 9.35 Å². The minimum absolute atomic E-state index is 0.185. The second-order valence-electron chi connectivity index (χ2n) is 3.41. The van der Waals surface area contributed by atoms with E-state index < -0.39 is 0 Å². The van der Waals surface area contributed by atoms with Crippen molar-refractivity contribution in [3.8, 4) is 5.75 Å². The molecule has 1 atom stereocenters. The van der Waals surface area contributed by atoms with Crippen molar-refractivity contribution in [2.24, 2.45) is 0 Å². The predicted molar refractivity (Wildman–Crippen MR) is 77.7 cm³/mol. The minimum atomic E-state index is -0.185. The molecule has 0 radical (unpaired) electrons. The molecule has 2 aromatic rings. The van der Waals surface area contributed by atoms with Crippen LogP contribution in [0.5, 0.6) is 5.75 Å². The van der Waals surface area contributed by atoms with E-state index in [2.05, 4.69) is 15.9 Å². The van der Waals surface area contributed by atoms with E-state index in [1.807, 2.05) is 30.3 Å². The monoisotopic (exact) mass is 350 g/mol. The van der Waals surface area contributed by atoms with Gasteiger partial charge in [0.2, 0.25) is 0 Å². The molecule has 90 valence electrons. The normalized spacial score (nSPS) is 12.5. The van der Waals surface area contributed by atoms with Gasteiger partial charge in [0.15, 0.2) is 0 Å². The Hall–Kier alpha value is -0.220. The summed E-state index contributed by atoms with van der Waals surface area (Å²) < 4.78 is 6.72. The van der Waals surface area contributed by atoms with Crippen molar-refractivity contribution in [3.63, 3.8) is 0 Å². The number of hydrogen-bond acceptors (Lipinski definition) is 2. The lowest BCUT2D eigenvalue weighted by Gasteiger charge is -2.08. The summed E-state index contributed by atoms with van der Waals surface area (Å²) in [6, 6.07) is 9.66. The van der Waals surface area contributed by atoms with E-state index in [0.29, 0.717) is 0 Å². The molecular weight excluding hydrogens is 343 g/mol. The Labute approximate surface area is 122 Å². The van der Waals surface area contributed by atoms with Gasteiger partial charge in [-0.15, -0.1) is 22.9 Å². The molecule has 0 saturated carbocycles. The maximum Gasteiger partial charge on any atom is 0.118 e. The van der Waals surface area contributed by atoms with Gasteiger partial charge >= 0.3 is 0 Å². The molecule has 17 heavy (non-hydrogen) atoms. The lowest BCUT2D eigenvalue weighted by Crippen LogP contribution is -1.90. The second kappa shape index (κ2) is 5.61. The molecule has 1 unspecified atom stereocenters. The highest BCUT2D eigenvalue weighted by atomic mass is 79.9. The standard InChI is InChI=1S/C12H9BrCl2OS/c1-16-8-4-2-7(3-5-8)11(14)10-6-9(13)12(15)17-10/h2-6,11H,1H3. The molecule has 5 heteroatoms. The van der Waals surface area contributed by atoms with Gasteiger partial charge in [-0.1, -0.05) is 23.7 Å². The van der Waals surface area contributed by atoms with Crippen LogP contribution in [0.2, 0.25) is 4.34 Å². The Kier molecular flexibility index (Phi) is 4.36. The van der Waals surface area contributed by atoms with Crippen LogP contribution in [-0.4, -0.2) is 7.11 Å². The quantitative estimate of drug-likeness (QED) is 0.663. The second-order valence-corrected chi connectivity index (χ2v) is 6.38. The van der Waals surface area contributed by atoms with Crippen LogP contribution in [0, 0.1) is 0 Å². The molecule has 2 rings (SSSR count).